The van der Waals surface area contributed by atoms with Crippen LogP contribution in [0.15, 0.2) is 47.3 Å². The molecule has 1 spiro atoms. The van der Waals surface area contributed by atoms with Crippen molar-refractivity contribution in [1.82, 2.24) is 5.32 Å². The second kappa shape index (κ2) is 4.23. The zero-order chi connectivity index (χ0) is 13.6. The van der Waals surface area contributed by atoms with E-state index in [0.29, 0.717) is 16.9 Å². The van der Waals surface area contributed by atoms with Crippen LogP contribution in [-0.2, 0) is 11.8 Å². The Morgan fingerprint density at radius 1 is 1.35 bits per heavy atom. The van der Waals surface area contributed by atoms with Gasteiger partial charge in [-0.25, -0.2) is 0 Å². The van der Waals surface area contributed by atoms with Crippen molar-refractivity contribution in [3.8, 4) is 0 Å². The highest BCUT2D eigenvalue weighted by molar-refractivity contribution is 5.93. The molecule has 3 nitrogen and oxygen atoms in total. The van der Waals surface area contributed by atoms with Crippen LogP contribution in [0.4, 0.5) is 0 Å². The van der Waals surface area contributed by atoms with Gasteiger partial charge in [0.1, 0.15) is 6.26 Å². The number of carbonyl (C=O) groups excluding carboxylic acids is 1. The lowest BCUT2D eigenvalue weighted by Gasteiger charge is -2.11. The number of hydrogen-bond donors (Lipinski definition) is 1. The second-order valence-corrected chi connectivity index (χ2v) is 5.94. The fourth-order valence-electron chi connectivity index (χ4n) is 3.71. The van der Waals surface area contributed by atoms with Crippen LogP contribution in [0.25, 0.3) is 0 Å². The van der Waals surface area contributed by atoms with Gasteiger partial charge in [0.05, 0.1) is 11.8 Å². The number of fused-ring (bicyclic) bond motifs is 2. The first-order valence-electron chi connectivity index (χ1n) is 7.18. The van der Waals surface area contributed by atoms with Crippen molar-refractivity contribution in [3.63, 3.8) is 0 Å². The van der Waals surface area contributed by atoms with E-state index >= 15 is 0 Å². The van der Waals surface area contributed by atoms with Crippen LogP contribution < -0.4 is 5.32 Å². The third-order valence-electron chi connectivity index (χ3n) is 4.92. The Hall–Kier alpha value is -2.03. The average Bonchev–Trinajstić information content (AvgIpc) is 2.83. The molecular weight excluding hydrogens is 250 g/mol. The summed E-state index contributed by atoms with van der Waals surface area (Å²) in [4.78, 5) is 11.9. The zero-order valence-corrected chi connectivity index (χ0v) is 11.3. The number of benzene rings is 1. The topological polar surface area (TPSA) is 42.2 Å². The Kier molecular flexibility index (Phi) is 2.49. The number of rotatable bonds is 3. The molecule has 3 heteroatoms. The summed E-state index contributed by atoms with van der Waals surface area (Å²) in [7, 11) is 0. The molecule has 1 heterocycles. The van der Waals surface area contributed by atoms with Crippen molar-refractivity contribution >= 4 is 5.91 Å². The van der Waals surface area contributed by atoms with Crippen molar-refractivity contribution in [2.24, 2.45) is 5.92 Å². The number of carbonyl (C=O) groups is 1. The molecule has 2 aliphatic carbocycles. The van der Waals surface area contributed by atoms with Crippen molar-refractivity contribution in [1.29, 1.82) is 0 Å². The van der Waals surface area contributed by atoms with Crippen LogP contribution in [0.3, 0.4) is 0 Å². The summed E-state index contributed by atoms with van der Waals surface area (Å²) in [5.74, 6) is 0.550. The molecule has 1 aromatic carbocycles. The molecule has 2 aromatic rings. The first-order chi connectivity index (χ1) is 9.79. The zero-order valence-electron chi connectivity index (χ0n) is 11.3. The van der Waals surface area contributed by atoms with Crippen LogP contribution in [-0.4, -0.2) is 12.5 Å². The van der Waals surface area contributed by atoms with E-state index < -0.39 is 0 Å². The minimum atomic E-state index is -0.0351. The molecule has 0 saturated heterocycles. The van der Waals surface area contributed by atoms with E-state index in [4.69, 9.17) is 4.42 Å². The third-order valence-corrected chi connectivity index (χ3v) is 4.92. The molecule has 0 bridgehead atoms. The molecule has 1 fully saturated rings. The fourth-order valence-corrected chi connectivity index (χ4v) is 3.71. The molecule has 102 valence electrons. The van der Waals surface area contributed by atoms with Gasteiger partial charge in [-0.2, -0.15) is 0 Å². The number of hydrogen-bond acceptors (Lipinski definition) is 2. The van der Waals surface area contributed by atoms with E-state index in [2.05, 4.69) is 29.6 Å². The predicted molar refractivity (Wildman–Crippen MR) is 75.6 cm³/mol. The normalized spacial score (nSPS) is 26.5. The summed E-state index contributed by atoms with van der Waals surface area (Å²) in [6.45, 7) is 0.762. The van der Waals surface area contributed by atoms with Gasteiger partial charge in [-0.05, 0) is 42.4 Å². The summed E-state index contributed by atoms with van der Waals surface area (Å²) in [6, 6.07) is 10.5. The van der Waals surface area contributed by atoms with Gasteiger partial charge in [-0.15, -0.1) is 0 Å². The van der Waals surface area contributed by atoms with Gasteiger partial charge in [0, 0.05) is 12.0 Å². The van der Waals surface area contributed by atoms with Crippen molar-refractivity contribution in [3.05, 3.63) is 59.5 Å². The molecule has 1 amide bonds. The molecule has 1 saturated carbocycles. The third kappa shape index (κ3) is 1.69. The van der Waals surface area contributed by atoms with Gasteiger partial charge in [0.15, 0.2) is 0 Å². The summed E-state index contributed by atoms with van der Waals surface area (Å²) in [5.41, 5.74) is 3.96. The van der Waals surface area contributed by atoms with Crippen molar-refractivity contribution in [2.75, 3.05) is 6.54 Å². The molecule has 4 rings (SSSR count). The van der Waals surface area contributed by atoms with Crippen LogP contribution >= 0.6 is 0 Å². The average molecular weight is 267 g/mol. The standard InChI is InChI=1S/C17H17NO2/c19-16(13-6-8-20-11-13)18-10-14-9-17(14)7-5-12-3-1-2-4-15(12)17/h1-4,6,8,11,14H,5,7,9-10H2,(H,18,19)/t14-,17+/m1/s1. The fraction of sp³-hybridized carbons (Fsp3) is 0.353. The largest absolute Gasteiger partial charge is 0.472 e. The molecule has 2 aliphatic rings. The van der Waals surface area contributed by atoms with E-state index in [1.165, 1.54) is 42.9 Å². The highest BCUT2D eigenvalue weighted by atomic mass is 16.3. The number of nitrogens with one attached hydrogen (secondary N) is 1. The predicted octanol–water partition coefficient (Wildman–Crippen LogP) is 2.91. The highest BCUT2D eigenvalue weighted by Gasteiger charge is 2.57. The van der Waals surface area contributed by atoms with Crippen LogP contribution in [0.5, 0.6) is 0 Å². The SMILES string of the molecule is O=C(NC[C@H]1C[C@@]12CCc1ccccc12)c1ccoc1. The molecule has 0 aliphatic heterocycles. The molecule has 0 radical (unpaired) electrons. The Morgan fingerprint density at radius 3 is 3.10 bits per heavy atom. The van der Waals surface area contributed by atoms with Gasteiger partial charge in [-0.3, -0.25) is 4.79 Å². The minimum Gasteiger partial charge on any atom is -0.472 e. The summed E-state index contributed by atoms with van der Waals surface area (Å²) < 4.78 is 4.94. The second-order valence-electron chi connectivity index (χ2n) is 5.94. The Balaban J connectivity index is 1.43. The number of amides is 1. The van der Waals surface area contributed by atoms with Crippen LogP contribution in [0.2, 0.25) is 0 Å². The molecule has 20 heavy (non-hydrogen) atoms. The molecule has 1 N–H and O–H groups in total. The quantitative estimate of drug-likeness (QED) is 0.929. The van der Waals surface area contributed by atoms with Gasteiger partial charge >= 0.3 is 0 Å². The van der Waals surface area contributed by atoms with Gasteiger partial charge in [0.25, 0.3) is 5.91 Å². The highest BCUT2D eigenvalue weighted by Crippen LogP contribution is 2.61. The number of aryl methyl sites for hydroxylation is 1. The monoisotopic (exact) mass is 267 g/mol. The Labute approximate surface area is 118 Å². The van der Waals surface area contributed by atoms with E-state index in [9.17, 15) is 4.79 Å². The maximum Gasteiger partial charge on any atom is 0.254 e. The first-order valence-corrected chi connectivity index (χ1v) is 7.18. The molecule has 0 unspecified atom stereocenters. The lowest BCUT2D eigenvalue weighted by Crippen LogP contribution is -2.27. The van der Waals surface area contributed by atoms with Gasteiger partial charge in [-0.1, -0.05) is 24.3 Å². The van der Waals surface area contributed by atoms with E-state index in [1.54, 1.807) is 6.07 Å². The van der Waals surface area contributed by atoms with Gasteiger partial charge in [0.2, 0.25) is 0 Å². The maximum atomic E-state index is 11.9. The van der Waals surface area contributed by atoms with E-state index in [1.807, 2.05) is 0 Å². The smallest absolute Gasteiger partial charge is 0.254 e. The molecular formula is C17H17NO2. The lowest BCUT2D eigenvalue weighted by atomic mass is 9.95. The minimum absolute atomic E-state index is 0.0351. The van der Waals surface area contributed by atoms with Crippen LogP contribution in [0.1, 0.15) is 34.3 Å². The van der Waals surface area contributed by atoms with Crippen LogP contribution in [0, 0.1) is 5.92 Å². The Bertz CT molecular complexity index is 647. The summed E-state index contributed by atoms with van der Waals surface area (Å²) >= 11 is 0. The first kappa shape index (κ1) is 11.8. The molecule has 2 atom stereocenters. The van der Waals surface area contributed by atoms with Crippen molar-refractivity contribution in [2.45, 2.75) is 24.7 Å². The van der Waals surface area contributed by atoms with Gasteiger partial charge < -0.3 is 9.73 Å². The summed E-state index contributed by atoms with van der Waals surface area (Å²) in [6.07, 6.45) is 6.64. The Morgan fingerprint density at radius 2 is 2.25 bits per heavy atom. The molecule has 1 aromatic heterocycles. The van der Waals surface area contributed by atoms with E-state index in [-0.39, 0.29) is 5.91 Å². The summed E-state index contributed by atoms with van der Waals surface area (Å²) in [5, 5.41) is 3.03. The lowest BCUT2D eigenvalue weighted by molar-refractivity contribution is 0.0950. The maximum absolute atomic E-state index is 11.9. The number of furan rings is 1. The van der Waals surface area contributed by atoms with Crippen molar-refractivity contribution < 1.29 is 9.21 Å². The van der Waals surface area contributed by atoms with E-state index in [0.717, 1.165) is 6.54 Å².